The molecular formula is C25H38N2O2. The molecule has 0 aliphatic heterocycles. The Morgan fingerprint density at radius 3 is 1.66 bits per heavy atom. The zero-order valence-corrected chi connectivity index (χ0v) is 19.4. The first-order valence-electron chi connectivity index (χ1n) is 10.4. The second kappa shape index (κ2) is 9.19. The highest BCUT2D eigenvalue weighted by Crippen LogP contribution is 2.34. The molecule has 0 aromatic heterocycles. The van der Waals surface area contributed by atoms with Crippen molar-refractivity contribution in [2.75, 3.05) is 27.2 Å². The molecule has 2 rings (SSSR count). The SMILES string of the molecule is Cc1cc(C)c(O)c(CN(C)CCN(C)Cc2cc(C)cc(C(C)(C)C)c2O)c1. The lowest BCUT2D eigenvalue weighted by molar-refractivity contribution is 0.243. The summed E-state index contributed by atoms with van der Waals surface area (Å²) in [6, 6.07) is 8.23. The van der Waals surface area contributed by atoms with E-state index < -0.39 is 0 Å². The minimum Gasteiger partial charge on any atom is -0.507 e. The fourth-order valence-electron chi connectivity index (χ4n) is 3.80. The monoisotopic (exact) mass is 398 g/mol. The Bertz CT molecular complexity index is 853. The van der Waals surface area contributed by atoms with Gasteiger partial charge in [0.25, 0.3) is 0 Å². The number of hydrogen-bond donors (Lipinski definition) is 2. The predicted molar refractivity (Wildman–Crippen MR) is 122 cm³/mol. The zero-order chi connectivity index (χ0) is 21.9. The molecule has 29 heavy (non-hydrogen) atoms. The Morgan fingerprint density at radius 1 is 0.724 bits per heavy atom. The molecule has 160 valence electrons. The van der Waals surface area contributed by atoms with E-state index in [0.29, 0.717) is 24.6 Å². The minimum atomic E-state index is -0.0857. The van der Waals surface area contributed by atoms with Crippen molar-refractivity contribution in [3.8, 4) is 11.5 Å². The second-order valence-electron chi connectivity index (χ2n) is 9.64. The van der Waals surface area contributed by atoms with E-state index in [1.165, 1.54) is 11.1 Å². The fourth-order valence-corrected chi connectivity index (χ4v) is 3.80. The molecule has 0 aliphatic carbocycles. The summed E-state index contributed by atoms with van der Waals surface area (Å²) in [7, 11) is 4.16. The number of hydrogen-bond acceptors (Lipinski definition) is 4. The van der Waals surface area contributed by atoms with E-state index in [1.54, 1.807) is 0 Å². The predicted octanol–water partition coefficient (Wildman–Crippen LogP) is 4.88. The fraction of sp³-hybridized carbons (Fsp3) is 0.520. The minimum absolute atomic E-state index is 0.0857. The summed E-state index contributed by atoms with van der Waals surface area (Å²) >= 11 is 0. The number of aryl methyl sites for hydroxylation is 3. The van der Waals surface area contributed by atoms with Gasteiger partial charge in [0, 0.05) is 37.3 Å². The first-order valence-corrected chi connectivity index (χ1v) is 10.4. The molecule has 4 heteroatoms. The number of benzene rings is 2. The normalized spacial score (nSPS) is 12.2. The lowest BCUT2D eigenvalue weighted by atomic mass is 9.84. The average Bonchev–Trinajstić information content (AvgIpc) is 2.59. The van der Waals surface area contributed by atoms with E-state index in [4.69, 9.17) is 0 Å². The van der Waals surface area contributed by atoms with Crippen LogP contribution >= 0.6 is 0 Å². The zero-order valence-electron chi connectivity index (χ0n) is 19.4. The van der Waals surface area contributed by atoms with Crippen LogP contribution in [0.3, 0.4) is 0 Å². The molecule has 2 aromatic rings. The van der Waals surface area contributed by atoms with Gasteiger partial charge in [0.15, 0.2) is 0 Å². The second-order valence-corrected chi connectivity index (χ2v) is 9.64. The van der Waals surface area contributed by atoms with Gasteiger partial charge in [-0.25, -0.2) is 0 Å². The molecule has 0 spiro atoms. The van der Waals surface area contributed by atoms with Crippen LogP contribution < -0.4 is 0 Å². The highest BCUT2D eigenvalue weighted by atomic mass is 16.3. The Morgan fingerprint density at radius 2 is 1.17 bits per heavy atom. The van der Waals surface area contributed by atoms with Crippen LogP contribution in [-0.4, -0.2) is 47.2 Å². The van der Waals surface area contributed by atoms with Crippen LogP contribution in [0.15, 0.2) is 24.3 Å². The molecule has 4 nitrogen and oxygen atoms in total. The summed E-state index contributed by atoms with van der Waals surface area (Å²) in [5, 5.41) is 21.1. The Hall–Kier alpha value is -2.04. The lowest BCUT2D eigenvalue weighted by Crippen LogP contribution is -2.30. The number of aromatic hydroxyl groups is 2. The molecule has 0 saturated heterocycles. The van der Waals surface area contributed by atoms with Crippen LogP contribution in [0.2, 0.25) is 0 Å². The third kappa shape index (κ3) is 6.22. The van der Waals surface area contributed by atoms with Gasteiger partial charge >= 0.3 is 0 Å². The van der Waals surface area contributed by atoms with E-state index in [2.05, 4.69) is 76.7 Å². The van der Waals surface area contributed by atoms with Crippen LogP contribution in [-0.2, 0) is 18.5 Å². The summed E-state index contributed by atoms with van der Waals surface area (Å²) in [6.45, 7) is 15.7. The number of nitrogens with zero attached hydrogens (tertiary/aromatic N) is 2. The molecule has 2 aromatic carbocycles. The summed E-state index contributed by atoms with van der Waals surface area (Å²) in [5.74, 6) is 0.818. The van der Waals surface area contributed by atoms with Gasteiger partial charge in [-0.2, -0.15) is 0 Å². The van der Waals surface area contributed by atoms with Gasteiger partial charge in [-0.3, -0.25) is 0 Å². The van der Waals surface area contributed by atoms with Crippen molar-refractivity contribution in [3.05, 3.63) is 57.6 Å². The maximum Gasteiger partial charge on any atom is 0.123 e. The number of phenolic OH excluding ortho intramolecular Hbond substituents is 2. The third-order valence-electron chi connectivity index (χ3n) is 5.41. The van der Waals surface area contributed by atoms with Crippen LogP contribution in [0.25, 0.3) is 0 Å². The van der Waals surface area contributed by atoms with Crippen LogP contribution in [0.4, 0.5) is 0 Å². The van der Waals surface area contributed by atoms with E-state index >= 15 is 0 Å². The molecule has 0 aliphatic rings. The van der Waals surface area contributed by atoms with Gasteiger partial charge in [-0.05, 0) is 51.4 Å². The number of rotatable bonds is 7. The molecule has 0 saturated carbocycles. The van der Waals surface area contributed by atoms with Crippen molar-refractivity contribution in [3.63, 3.8) is 0 Å². The maximum atomic E-state index is 10.8. The molecule has 0 unspecified atom stereocenters. The Balaban J connectivity index is 2.00. The summed E-state index contributed by atoms with van der Waals surface area (Å²) < 4.78 is 0. The summed E-state index contributed by atoms with van der Waals surface area (Å²) in [6.07, 6.45) is 0. The number of phenols is 2. The summed E-state index contributed by atoms with van der Waals surface area (Å²) in [5.41, 5.74) is 6.14. The van der Waals surface area contributed by atoms with Crippen LogP contribution in [0.1, 0.15) is 54.2 Å². The first kappa shape index (κ1) is 23.2. The highest BCUT2D eigenvalue weighted by Gasteiger charge is 2.21. The Labute approximate surface area is 176 Å². The quantitative estimate of drug-likeness (QED) is 0.697. The van der Waals surface area contributed by atoms with Crippen LogP contribution in [0.5, 0.6) is 11.5 Å². The van der Waals surface area contributed by atoms with E-state index in [-0.39, 0.29) is 5.41 Å². The van der Waals surface area contributed by atoms with Crippen molar-refractivity contribution < 1.29 is 10.2 Å². The van der Waals surface area contributed by atoms with Gasteiger partial charge in [0.1, 0.15) is 11.5 Å². The molecule has 0 amide bonds. The van der Waals surface area contributed by atoms with E-state index in [1.807, 2.05) is 13.0 Å². The topological polar surface area (TPSA) is 46.9 Å². The molecule has 0 bridgehead atoms. The van der Waals surface area contributed by atoms with Crippen molar-refractivity contribution in [2.24, 2.45) is 0 Å². The number of likely N-dealkylation sites (N-methyl/N-ethyl adjacent to an activating group) is 2. The largest absolute Gasteiger partial charge is 0.507 e. The summed E-state index contributed by atoms with van der Waals surface area (Å²) in [4.78, 5) is 4.46. The highest BCUT2D eigenvalue weighted by molar-refractivity contribution is 5.47. The van der Waals surface area contributed by atoms with Gasteiger partial charge in [0.05, 0.1) is 0 Å². The van der Waals surface area contributed by atoms with Gasteiger partial charge in [0.2, 0.25) is 0 Å². The molecule has 0 atom stereocenters. The van der Waals surface area contributed by atoms with Crippen molar-refractivity contribution in [2.45, 2.75) is 60.0 Å². The first-order chi connectivity index (χ1) is 13.4. The average molecular weight is 399 g/mol. The van der Waals surface area contributed by atoms with Crippen LogP contribution in [0, 0.1) is 20.8 Å². The van der Waals surface area contributed by atoms with Crippen molar-refractivity contribution >= 4 is 0 Å². The van der Waals surface area contributed by atoms with Gasteiger partial charge in [-0.15, -0.1) is 0 Å². The molecule has 0 radical (unpaired) electrons. The van der Waals surface area contributed by atoms with Crippen molar-refractivity contribution in [1.82, 2.24) is 9.80 Å². The van der Waals surface area contributed by atoms with Crippen molar-refractivity contribution in [1.29, 1.82) is 0 Å². The molecular weight excluding hydrogens is 360 g/mol. The maximum absolute atomic E-state index is 10.8. The third-order valence-corrected chi connectivity index (χ3v) is 5.41. The van der Waals surface area contributed by atoms with E-state index in [9.17, 15) is 10.2 Å². The van der Waals surface area contributed by atoms with Gasteiger partial charge in [-0.1, -0.05) is 56.2 Å². The van der Waals surface area contributed by atoms with E-state index in [0.717, 1.165) is 35.3 Å². The molecule has 2 N–H and O–H groups in total. The Kier molecular flexibility index (Phi) is 7.36. The standard InChI is InChI=1S/C25H38N2O2/c1-17-11-19(3)23(28)20(12-17)15-26(7)9-10-27(8)16-21-13-18(2)14-22(24(21)29)25(4,5)6/h11-14,28-29H,9-10,15-16H2,1-8H3. The molecule has 0 fully saturated rings. The smallest absolute Gasteiger partial charge is 0.123 e. The molecule has 0 heterocycles. The van der Waals surface area contributed by atoms with Gasteiger partial charge < -0.3 is 20.0 Å². The lowest BCUT2D eigenvalue weighted by Gasteiger charge is -2.26.